The third-order valence-electron chi connectivity index (χ3n) is 4.74. The van der Waals surface area contributed by atoms with E-state index in [9.17, 15) is 14.0 Å². The number of halogens is 1. The molecule has 0 bridgehead atoms. The van der Waals surface area contributed by atoms with Crippen LogP contribution in [0.2, 0.25) is 0 Å². The van der Waals surface area contributed by atoms with Gasteiger partial charge in [0.1, 0.15) is 5.82 Å². The summed E-state index contributed by atoms with van der Waals surface area (Å²) in [7, 11) is 0. The van der Waals surface area contributed by atoms with Gasteiger partial charge in [0.2, 0.25) is 5.91 Å². The number of carbonyl (C=O) groups excluding carboxylic acids is 2. The van der Waals surface area contributed by atoms with E-state index in [0.717, 1.165) is 24.1 Å². The highest BCUT2D eigenvalue weighted by atomic mass is 19.1. The first kappa shape index (κ1) is 18.3. The molecule has 0 aliphatic carbocycles. The molecule has 0 spiro atoms. The standard InChI is InChI=1S/C21H23FN2O2/c1-2-14-3-5-15(6-4-14)19(25)9-10-20(26)24-18-8-7-16-13-23-12-11-17(16)21(18)22/h3-8,23H,2,9-13H2,1H3,(H,24,26). The predicted octanol–water partition coefficient (Wildman–Crippen LogP) is 3.64. The van der Waals surface area contributed by atoms with Crippen LogP contribution in [-0.4, -0.2) is 18.2 Å². The third kappa shape index (κ3) is 4.17. The van der Waals surface area contributed by atoms with Gasteiger partial charge in [0, 0.05) is 24.9 Å². The lowest BCUT2D eigenvalue weighted by molar-refractivity contribution is -0.116. The van der Waals surface area contributed by atoms with Crippen molar-refractivity contribution in [1.82, 2.24) is 5.32 Å². The van der Waals surface area contributed by atoms with Gasteiger partial charge in [-0.2, -0.15) is 0 Å². The summed E-state index contributed by atoms with van der Waals surface area (Å²) in [6, 6.07) is 10.8. The van der Waals surface area contributed by atoms with Crippen LogP contribution in [0.15, 0.2) is 36.4 Å². The molecule has 0 saturated heterocycles. The van der Waals surface area contributed by atoms with Gasteiger partial charge in [0.15, 0.2) is 5.78 Å². The van der Waals surface area contributed by atoms with Gasteiger partial charge in [0.05, 0.1) is 5.69 Å². The molecule has 2 N–H and O–H groups in total. The number of amides is 1. The first-order valence-corrected chi connectivity index (χ1v) is 9.01. The largest absolute Gasteiger partial charge is 0.324 e. The Labute approximate surface area is 152 Å². The maximum absolute atomic E-state index is 14.5. The summed E-state index contributed by atoms with van der Waals surface area (Å²) in [5.74, 6) is -0.796. The number of carbonyl (C=O) groups is 2. The Bertz CT molecular complexity index is 816. The lowest BCUT2D eigenvalue weighted by Crippen LogP contribution is -2.25. The van der Waals surface area contributed by atoms with Crippen LogP contribution in [-0.2, 0) is 24.2 Å². The second-order valence-corrected chi connectivity index (χ2v) is 6.51. The van der Waals surface area contributed by atoms with Crippen LogP contribution in [0.5, 0.6) is 0 Å². The molecule has 136 valence electrons. The van der Waals surface area contributed by atoms with Crippen LogP contribution in [0.4, 0.5) is 10.1 Å². The number of rotatable bonds is 6. The number of anilines is 1. The average molecular weight is 354 g/mol. The zero-order valence-corrected chi connectivity index (χ0v) is 14.9. The fourth-order valence-electron chi connectivity index (χ4n) is 3.14. The summed E-state index contributed by atoms with van der Waals surface area (Å²) >= 11 is 0. The predicted molar refractivity (Wildman–Crippen MR) is 99.8 cm³/mol. The summed E-state index contributed by atoms with van der Waals surface area (Å²) in [6.45, 7) is 3.43. The van der Waals surface area contributed by atoms with Crippen molar-refractivity contribution in [3.8, 4) is 0 Å². The Hall–Kier alpha value is -2.53. The Morgan fingerprint density at radius 3 is 2.62 bits per heavy atom. The van der Waals surface area contributed by atoms with E-state index in [-0.39, 0.29) is 36.0 Å². The summed E-state index contributed by atoms with van der Waals surface area (Å²) in [6.07, 6.45) is 1.66. The number of benzene rings is 2. The minimum absolute atomic E-state index is 0.0342. The zero-order valence-electron chi connectivity index (χ0n) is 14.9. The maximum atomic E-state index is 14.5. The number of hydrogen-bond acceptors (Lipinski definition) is 3. The van der Waals surface area contributed by atoms with Crippen molar-refractivity contribution in [3.63, 3.8) is 0 Å². The van der Waals surface area contributed by atoms with Gasteiger partial charge in [-0.25, -0.2) is 4.39 Å². The SMILES string of the molecule is CCc1ccc(C(=O)CCC(=O)Nc2ccc3c(c2F)CCNC3)cc1. The average Bonchev–Trinajstić information content (AvgIpc) is 2.68. The molecular weight excluding hydrogens is 331 g/mol. The lowest BCUT2D eigenvalue weighted by Gasteiger charge is -2.19. The first-order chi connectivity index (χ1) is 12.6. The van der Waals surface area contributed by atoms with Crippen molar-refractivity contribution in [2.45, 2.75) is 39.2 Å². The van der Waals surface area contributed by atoms with Crippen LogP contribution in [0.3, 0.4) is 0 Å². The topological polar surface area (TPSA) is 58.2 Å². The Morgan fingerprint density at radius 1 is 1.12 bits per heavy atom. The van der Waals surface area contributed by atoms with E-state index in [1.54, 1.807) is 18.2 Å². The van der Waals surface area contributed by atoms with Gasteiger partial charge in [-0.1, -0.05) is 37.3 Å². The molecule has 0 saturated carbocycles. The molecule has 4 nitrogen and oxygen atoms in total. The maximum Gasteiger partial charge on any atom is 0.224 e. The first-order valence-electron chi connectivity index (χ1n) is 9.01. The van der Waals surface area contributed by atoms with Gasteiger partial charge >= 0.3 is 0 Å². The summed E-state index contributed by atoms with van der Waals surface area (Å²) in [5, 5.41) is 5.79. The number of hydrogen-bond donors (Lipinski definition) is 2. The number of nitrogens with one attached hydrogen (secondary N) is 2. The van der Waals surface area contributed by atoms with Crippen molar-refractivity contribution < 1.29 is 14.0 Å². The van der Waals surface area contributed by atoms with Gasteiger partial charge in [0.25, 0.3) is 0 Å². The highest BCUT2D eigenvalue weighted by Gasteiger charge is 2.18. The van der Waals surface area contributed by atoms with Crippen molar-refractivity contribution in [2.75, 3.05) is 11.9 Å². The number of Topliss-reactive ketones (excluding diaryl/α,β-unsaturated/α-hetero) is 1. The minimum atomic E-state index is -0.362. The molecule has 3 rings (SSSR count). The molecule has 0 atom stereocenters. The van der Waals surface area contributed by atoms with E-state index < -0.39 is 0 Å². The van der Waals surface area contributed by atoms with Gasteiger partial charge in [-0.15, -0.1) is 0 Å². The van der Waals surface area contributed by atoms with Crippen LogP contribution in [0.1, 0.15) is 46.8 Å². The second-order valence-electron chi connectivity index (χ2n) is 6.51. The molecule has 2 aromatic rings. The van der Waals surface area contributed by atoms with E-state index >= 15 is 0 Å². The van der Waals surface area contributed by atoms with Gasteiger partial charge < -0.3 is 10.6 Å². The normalized spacial score (nSPS) is 13.2. The quantitative estimate of drug-likeness (QED) is 0.779. The molecule has 0 radical (unpaired) electrons. The monoisotopic (exact) mass is 354 g/mol. The highest BCUT2D eigenvalue weighted by molar-refractivity contribution is 6.00. The van der Waals surface area contributed by atoms with Crippen LogP contribution < -0.4 is 10.6 Å². The van der Waals surface area contributed by atoms with Crippen LogP contribution in [0, 0.1) is 5.82 Å². The molecule has 0 fully saturated rings. The summed E-state index contributed by atoms with van der Waals surface area (Å²) < 4.78 is 14.5. The van der Waals surface area contributed by atoms with Crippen molar-refractivity contribution in [3.05, 3.63) is 64.5 Å². The van der Waals surface area contributed by atoms with E-state index in [0.29, 0.717) is 24.1 Å². The van der Waals surface area contributed by atoms with E-state index in [2.05, 4.69) is 17.6 Å². The molecule has 0 unspecified atom stereocenters. The van der Waals surface area contributed by atoms with Crippen molar-refractivity contribution in [2.24, 2.45) is 0 Å². The molecule has 0 aromatic heterocycles. The van der Waals surface area contributed by atoms with E-state index in [1.807, 2.05) is 18.2 Å². The molecule has 1 heterocycles. The third-order valence-corrected chi connectivity index (χ3v) is 4.74. The van der Waals surface area contributed by atoms with E-state index in [1.165, 1.54) is 0 Å². The summed E-state index contributed by atoms with van der Waals surface area (Å²) in [5.41, 5.74) is 3.54. The summed E-state index contributed by atoms with van der Waals surface area (Å²) in [4.78, 5) is 24.3. The fraction of sp³-hybridized carbons (Fsp3) is 0.333. The molecular formula is C21H23FN2O2. The molecule has 5 heteroatoms. The Morgan fingerprint density at radius 2 is 1.88 bits per heavy atom. The van der Waals surface area contributed by atoms with Gasteiger partial charge in [-0.05, 0) is 42.1 Å². The van der Waals surface area contributed by atoms with Crippen molar-refractivity contribution in [1.29, 1.82) is 0 Å². The fourth-order valence-corrected chi connectivity index (χ4v) is 3.14. The highest BCUT2D eigenvalue weighted by Crippen LogP contribution is 2.24. The molecule has 1 aliphatic heterocycles. The number of fused-ring (bicyclic) bond motifs is 1. The number of ketones is 1. The number of aryl methyl sites for hydroxylation is 1. The molecule has 1 aliphatic rings. The zero-order chi connectivity index (χ0) is 18.5. The van der Waals surface area contributed by atoms with Gasteiger partial charge in [-0.3, -0.25) is 9.59 Å². The second kappa shape index (κ2) is 8.23. The minimum Gasteiger partial charge on any atom is -0.324 e. The van der Waals surface area contributed by atoms with Crippen LogP contribution >= 0.6 is 0 Å². The lowest BCUT2D eigenvalue weighted by atomic mass is 9.99. The van der Waals surface area contributed by atoms with E-state index in [4.69, 9.17) is 0 Å². The molecule has 1 amide bonds. The Balaban J connectivity index is 1.58. The van der Waals surface area contributed by atoms with Crippen LogP contribution in [0.25, 0.3) is 0 Å². The van der Waals surface area contributed by atoms with Crippen molar-refractivity contribution >= 4 is 17.4 Å². The molecule has 26 heavy (non-hydrogen) atoms. The Kier molecular flexibility index (Phi) is 5.78. The molecule has 2 aromatic carbocycles. The smallest absolute Gasteiger partial charge is 0.224 e.